The van der Waals surface area contributed by atoms with Gasteiger partial charge in [-0.05, 0) is 52.6 Å². The molecule has 0 amide bonds. The van der Waals surface area contributed by atoms with Gasteiger partial charge in [0.05, 0.1) is 6.61 Å². The summed E-state index contributed by atoms with van der Waals surface area (Å²) in [6.45, 7) is 10.7. The molecular formula is C14H30N2O. The summed E-state index contributed by atoms with van der Waals surface area (Å²) < 4.78 is 5.67. The van der Waals surface area contributed by atoms with Gasteiger partial charge in [-0.3, -0.25) is 0 Å². The minimum atomic E-state index is 0.602. The predicted molar refractivity (Wildman–Crippen MR) is 73.4 cm³/mol. The molecule has 3 heteroatoms. The van der Waals surface area contributed by atoms with Gasteiger partial charge >= 0.3 is 0 Å². The van der Waals surface area contributed by atoms with E-state index in [-0.39, 0.29) is 0 Å². The minimum Gasteiger partial charge on any atom is -0.380 e. The second-order valence-electron chi connectivity index (χ2n) is 5.54. The monoisotopic (exact) mass is 242 g/mol. The highest BCUT2D eigenvalue weighted by Crippen LogP contribution is 2.28. The molecule has 102 valence electrons. The smallest absolute Gasteiger partial charge is 0.0593 e. The molecule has 0 aliphatic heterocycles. The van der Waals surface area contributed by atoms with Gasteiger partial charge in [0.15, 0.2) is 0 Å². The number of likely N-dealkylation sites (N-methyl/N-ethyl adjacent to an activating group) is 1. The third kappa shape index (κ3) is 7.02. The summed E-state index contributed by atoms with van der Waals surface area (Å²) in [6, 6.07) is 1.22. The Morgan fingerprint density at radius 2 is 2.06 bits per heavy atom. The topological polar surface area (TPSA) is 24.5 Å². The lowest BCUT2D eigenvalue weighted by atomic mass is 10.1. The molecule has 1 saturated carbocycles. The Balaban J connectivity index is 2.01. The molecule has 0 aromatic carbocycles. The molecule has 0 aromatic rings. The highest BCUT2D eigenvalue weighted by molar-refractivity contribution is 4.73. The van der Waals surface area contributed by atoms with Crippen molar-refractivity contribution >= 4 is 0 Å². The van der Waals surface area contributed by atoms with Crippen LogP contribution in [0.3, 0.4) is 0 Å². The van der Waals surface area contributed by atoms with Crippen molar-refractivity contribution in [3.8, 4) is 0 Å². The fourth-order valence-corrected chi connectivity index (χ4v) is 2.09. The van der Waals surface area contributed by atoms with Crippen LogP contribution in [0, 0.1) is 5.92 Å². The molecule has 1 aliphatic carbocycles. The Morgan fingerprint density at radius 3 is 2.65 bits per heavy atom. The average Bonchev–Trinajstić information content (AvgIpc) is 3.08. The van der Waals surface area contributed by atoms with Crippen LogP contribution < -0.4 is 5.32 Å². The highest BCUT2D eigenvalue weighted by atomic mass is 16.5. The highest BCUT2D eigenvalue weighted by Gasteiger charge is 2.21. The molecule has 2 atom stereocenters. The van der Waals surface area contributed by atoms with E-state index in [1.165, 1.54) is 19.3 Å². The first-order chi connectivity index (χ1) is 8.13. The second kappa shape index (κ2) is 8.06. The molecule has 0 spiro atoms. The van der Waals surface area contributed by atoms with Crippen LogP contribution in [-0.4, -0.2) is 50.3 Å². The van der Waals surface area contributed by atoms with Crippen molar-refractivity contribution in [3.63, 3.8) is 0 Å². The zero-order chi connectivity index (χ0) is 12.7. The fraction of sp³-hybridized carbons (Fsp3) is 1.00. The van der Waals surface area contributed by atoms with Crippen LogP contribution in [-0.2, 0) is 4.74 Å². The third-order valence-corrected chi connectivity index (χ3v) is 3.64. The molecule has 1 fully saturated rings. The lowest BCUT2D eigenvalue weighted by molar-refractivity contribution is 0.0909. The van der Waals surface area contributed by atoms with Gasteiger partial charge in [-0.15, -0.1) is 0 Å². The average molecular weight is 242 g/mol. The zero-order valence-corrected chi connectivity index (χ0v) is 12.0. The number of hydrogen-bond donors (Lipinski definition) is 1. The van der Waals surface area contributed by atoms with Gasteiger partial charge < -0.3 is 15.0 Å². The molecule has 1 rings (SSSR count). The number of nitrogens with one attached hydrogen (secondary N) is 1. The van der Waals surface area contributed by atoms with Gasteiger partial charge in [0.2, 0.25) is 0 Å². The van der Waals surface area contributed by atoms with Crippen molar-refractivity contribution in [2.75, 3.05) is 33.4 Å². The number of rotatable bonds is 10. The summed E-state index contributed by atoms with van der Waals surface area (Å²) in [4.78, 5) is 2.40. The van der Waals surface area contributed by atoms with E-state index in [1.54, 1.807) is 0 Å². The Kier molecular flexibility index (Phi) is 7.09. The SMILES string of the molecule is CCNC(C)CC(C)N(C)CCOCC1CC1. The molecule has 0 heterocycles. The Morgan fingerprint density at radius 1 is 1.35 bits per heavy atom. The van der Waals surface area contributed by atoms with Gasteiger partial charge in [-0.2, -0.15) is 0 Å². The van der Waals surface area contributed by atoms with Gasteiger partial charge in [0.25, 0.3) is 0 Å². The van der Waals surface area contributed by atoms with Gasteiger partial charge in [0, 0.05) is 25.2 Å². The second-order valence-corrected chi connectivity index (χ2v) is 5.54. The Labute approximate surface area is 107 Å². The van der Waals surface area contributed by atoms with E-state index in [0.29, 0.717) is 12.1 Å². The van der Waals surface area contributed by atoms with Crippen molar-refractivity contribution in [2.45, 2.75) is 52.1 Å². The van der Waals surface area contributed by atoms with E-state index >= 15 is 0 Å². The van der Waals surface area contributed by atoms with E-state index in [9.17, 15) is 0 Å². The lowest BCUT2D eigenvalue weighted by Gasteiger charge is -2.27. The lowest BCUT2D eigenvalue weighted by Crippen LogP contribution is -2.38. The molecule has 0 bridgehead atoms. The van der Waals surface area contributed by atoms with Gasteiger partial charge in [-0.25, -0.2) is 0 Å². The summed E-state index contributed by atoms with van der Waals surface area (Å²) in [6.07, 6.45) is 3.96. The molecule has 17 heavy (non-hydrogen) atoms. The quantitative estimate of drug-likeness (QED) is 0.594. The number of nitrogens with zero attached hydrogens (tertiary/aromatic N) is 1. The van der Waals surface area contributed by atoms with Crippen LogP contribution in [0.2, 0.25) is 0 Å². The van der Waals surface area contributed by atoms with E-state index in [0.717, 1.165) is 32.2 Å². The van der Waals surface area contributed by atoms with Gasteiger partial charge in [0.1, 0.15) is 0 Å². The maximum absolute atomic E-state index is 5.67. The number of hydrogen-bond acceptors (Lipinski definition) is 3. The van der Waals surface area contributed by atoms with Crippen molar-refractivity contribution in [1.29, 1.82) is 0 Å². The Hall–Kier alpha value is -0.120. The van der Waals surface area contributed by atoms with Crippen LogP contribution in [0.15, 0.2) is 0 Å². The van der Waals surface area contributed by atoms with Crippen molar-refractivity contribution < 1.29 is 4.74 Å². The van der Waals surface area contributed by atoms with Crippen molar-refractivity contribution in [2.24, 2.45) is 5.92 Å². The Bertz CT molecular complexity index is 195. The first kappa shape index (κ1) is 14.9. The fourth-order valence-electron chi connectivity index (χ4n) is 2.09. The molecule has 1 aliphatic rings. The van der Waals surface area contributed by atoms with Crippen LogP contribution >= 0.6 is 0 Å². The van der Waals surface area contributed by atoms with Crippen LogP contribution in [0.1, 0.15) is 40.0 Å². The van der Waals surface area contributed by atoms with Crippen LogP contribution in [0.25, 0.3) is 0 Å². The summed E-state index contributed by atoms with van der Waals surface area (Å²) in [7, 11) is 2.20. The minimum absolute atomic E-state index is 0.602. The molecule has 0 aromatic heterocycles. The van der Waals surface area contributed by atoms with Gasteiger partial charge in [-0.1, -0.05) is 6.92 Å². The summed E-state index contributed by atoms with van der Waals surface area (Å²) in [5.74, 6) is 0.881. The summed E-state index contributed by atoms with van der Waals surface area (Å²) in [5, 5.41) is 3.46. The van der Waals surface area contributed by atoms with Crippen molar-refractivity contribution in [3.05, 3.63) is 0 Å². The normalized spacial score (nSPS) is 19.6. The predicted octanol–water partition coefficient (Wildman–Crippen LogP) is 2.12. The first-order valence-corrected chi connectivity index (χ1v) is 7.14. The summed E-state index contributed by atoms with van der Waals surface area (Å²) in [5.41, 5.74) is 0. The molecule has 2 unspecified atom stereocenters. The maximum Gasteiger partial charge on any atom is 0.0593 e. The first-order valence-electron chi connectivity index (χ1n) is 7.14. The van der Waals surface area contributed by atoms with E-state index in [2.05, 4.69) is 38.0 Å². The van der Waals surface area contributed by atoms with Crippen LogP contribution in [0.4, 0.5) is 0 Å². The van der Waals surface area contributed by atoms with Crippen molar-refractivity contribution in [1.82, 2.24) is 10.2 Å². The van der Waals surface area contributed by atoms with E-state index in [4.69, 9.17) is 4.74 Å². The van der Waals surface area contributed by atoms with Crippen LogP contribution in [0.5, 0.6) is 0 Å². The largest absolute Gasteiger partial charge is 0.380 e. The van der Waals surface area contributed by atoms with E-state index in [1.807, 2.05) is 0 Å². The number of ether oxygens (including phenoxy) is 1. The molecule has 0 saturated heterocycles. The molecule has 0 radical (unpaired) electrons. The molecular weight excluding hydrogens is 212 g/mol. The zero-order valence-electron chi connectivity index (χ0n) is 12.0. The van der Waals surface area contributed by atoms with E-state index < -0.39 is 0 Å². The standard InChI is InChI=1S/C14H30N2O/c1-5-15-12(2)10-13(3)16(4)8-9-17-11-14-6-7-14/h12-15H,5-11H2,1-4H3. The third-order valence-electron chi connectivity index (χ3n) is 3.64. The maximum atomic E-state index is 5.67. The molecule has 3 nitrogen and oxygen atoms in total. The summed E-state index contributed by atoms with van der Waals surface area (Å²) >= 11 is 0. The molecule has 1 N–H and O–H groups in total.